The quantitative estimate of drug-likeness (QED) is 0.477. The second kappa shape index (κ2) is 7.18. The second-order valence-electron chi connectivity index (χ2n) is 2.33. The van der Waals surface area contributed by atoms with Crippen LogP contribution in [0.2, 0.25) is 0 Å². The summed E-state index contributed by atoms with van der Waals surface area (Å²) in [6, 6.07) is 0. The molecule has 1 radical (unpaired) electrons. The van der Waals surface area contributed by atoms with E-state index in [0.717, 1.165) is 0 Å². The monoisotopic (exact) mass is 173 g/mol. The molecule has 0 heterocycles. The number of rotatable bonds is 4. The molecular weight excluding hydrogens is 159 g/mol. The van der Waals surface area contributed by atoms with Gasteiger partial charge in [-0.15, -0.1) is 0 Å². The van der Waals surface area contributed by atoms with Crippen molar-refractivity contribution in [2.45, 2.75) is 13.3 Å². The van der Waals surface area contributed by atoms with Crippen LogP contribution in [-0.4, -0.2) is 86.5 Å². The normalized spacial score (nSPS) is 10.8. The van der Waals surface area contributed by atoms with E-state index < -0.39 is 5.41 Å². The van der Waals surface area contributed by atoms with E-state index >= 15 is 0 Å². The number of hydrogen-bond acceptors (Lipinski definition) is 3. The molecule has 57 valence electrons. The minimum absolute atomic E-state index is 0. The van der Waals surface area contributed by atoms with Crippen molar-refractivity contribution in [1.82, 2.24) is 0 Å². The first kappa shape index (κ1) is 14.1. The molecule has 0 fully saturated rings. The predicted octanol–water partition coefficient (Wildman–Crippen LogP) is -1.02. The Labute approximate surface area is 104 Å². The fraction of sp³-hybridized carbons (Fsp3) is 1.00. The maximum atomic E-state index is 8.66. The molecule has 0 saturated carbocycles. The average Bonchev–Trinajstić information content (AvgIpc) is 1.95. The van der Waals surface area contributed by atoms with Crippen molar-refractivity contribution in [3.63, 3.8) is 0 Å². The molecule has 10 heavy (non-hydrogen) atoms. The van der Waals surface area contributed by atoms with Gasteiger partial charge in [0.05, 0.1) is 19.8 Å². The molecule has 0 aromatic rings. The van der Waals surface area contributed by atoms with Gasteiger partial charge in [0.15, 0.2) is 0 Å². The zero-order chi connectivity index (χ0) is 7.33. The molecule has 4 heteroatoms. The molecule has 0 rings (SSSR count). The molecule has 0 aliphatic rings. The summed E-state index contributed by atoms with van der Waals surface area (Å²) in [4.78, 5) is 0. The molecular formula is C6H14KO3. The van der Waals surface area contributed by atoms with Gasteiger partial charge >= 0.3 is 0 Å². The summed E-state index contributed by atoms with van der Waals surface area (Å²) in [5.41, 5.74) is -0.667. The number of aliphatic hydroxyl groups is 3. The summed E-state index contributed by atoms with van der Waals surface area (Å²) >= 11 is 0. The van der Waals surface area contributed by atoms with Gasteiger partial charge in [-0.3, -0.25) is 0 Å². The van der Waals surface area contributed by atoms with E-state index in [-0.39, 0.29) is 71.2 Å². The van der Waals surface area contributed by atoms with Crippen LogP contribution in [-0.2, 0) is 0 Å². The average molecular weight is 173 g/mol. The standard InChI is InChI=1S/C6H14O3.K/c1-2-6(3-7,4-8)5-9;/h7-9H,2-5H2,1H3;. The largest absolute Gasteiger partial charge is 0.396 e. The maximum Gasteiger partial charge on any atom is 0.0531 e. The smallest absolute Gasteiger partial charge is 0.0531 e. The van der Waals surface area contributed by atoms with Gasteiger partial charge in [0.1, 0.15) is 0 Å². The van der Waals surface area contributed by atoms with Crippen LogP contribution in [0.25, 0.3) is 0 Å². The van der Waals surface area contributed by atoms with Gasteiger partial charge in [0.25, 0.3) is 0 Å². The zero-order valence-electron chi connectivity index (χ0n) is 6.67. The summed E-state index contributed by atoms with van der Waals surface area (Å²) in [6.45, 7) is 1.35. The van der Waals surface area contributed by atoms with Crippen molar-refractivity contribution in [3.8, 4) is 0 Å². The van der Waals surface area contributed by atoms with Crippen LogP contribution in [0, 0.1) is 5.41 Å². The maximum absolute atomic E-state index is 8.66. The third-order valence-electron chi connectivity index (χ3n) is 1.76. The van der Waals surface area contributed by atoms with Gasteiger partial charge in [-0.2, -0.15) is 0 Å². The van der Waals surface area contributed by atoms with E-state index in [9.17, 15) is 0 Å². The Kier molecular flexibility index (Phi) is 10.1. The SMILES string of the molecule is CCC(CO)(CO)CO.[K]. The first-order chi connectivity index (χ1) is 4.24. The van der Waals surface area contributed by atoms with Crippen LogP contribution in [0.15, 0.2) is 0 Å². The van der Waals surface area contributed by atoms with Crippen molar-refractivity contribution in [2.24, 2.45) is 5.41 Å². The molecule has 3 nitrogen and oxygen atoms in total. The molecule has 0 amide bonds. The Morgan fingerprint density at radius 1 is 1.00 bits per heavy atom. The van der Waals surface area contributed by atoms with Crippen LogP contribution in [0.3, 0.4) is 0 Å². The van der Waals surface area contributed by atoms with Gasteiger partial charge in [-0.25, -0.2) is 0 Å². The van der Waals surface area contributed by atoms with Crippen LogP contribution in [0.4, 0.5) is 0 Å². The summed E-state index contributed by atoms with van der Waals surface area (Å²) in [5, 5.41) is 26.0. The molecule has 0 saturated heterocycles. The topological polar surface area (TPSA) is 60.7 Å². The Hall–Kier alpha value is 1.52. The Bertz CT molecular complexity index is 55.9. The van der Waals surface area contributed by atoms with Crippen molar-refractivity contribution >= 4 is 51.4 Å². The fourth-order valence-corrected chi connectivity index (χ4v) is 0.485. The summed E-state index contributed by atoms with van der Waals surface area (Å²) < 4.78 is 0. The molecule has 0 atom stereocenters. The molecule has 0 unspecified atom stereocenters. The third-order valence-corrected chi connectivity index (χ3v) is 1.76. The summed E-state index contributed by atoms with van der Waals surface area (Å²) in [6.07, 6.45) is 0.594. The van der Waals surface area contributed by atoms with Crippen molar-refractivity contribution in [2.75, 3.05) is 19.8 Å². The van der Waals surface area contributed by atoms with Crippen molar-refractivity contribution < 1.29 is 15.3 Å². The molecule has 0 aromatic carbocycles. The van der Waals surface area contributed by atoms with E-state index in [1.165, 1.54) is 0 Å². The molecule has 0 aliphatic heterocycles. The van der Waals surface area contributed by atoms with E-state index in [1.807, 2.05) is 6.92 Å². The van der Waals surface area contributed by atoms with Gasteiger partial charge in [0, 0.05) is 56.8 Å². The van der Waals surface area contributed by atoms with Crippen molar-refractivity contribution in [3.05, 3.63) is 0 Å². The summed E-state index contributed by atoms with van der Waals surface area (Å²) in [7, 11) is 0. The third kappa shape index (κ3) is 3.78. The van der Waals surface area contributed by atoms with Gasteiger partial charge in [-0.1, -0.05) is 6.92 Å². The van der Waals surface area contributed by atoms with E-state index in [2.05, 4.69) is 0 Å². The van der Waals surface area contributed by atoms with Gasteiger partial charge in [0.2, 0.25) is 0 Å². The molecule has 0 aromatic heterocycles. The molecule has 0 spiro atoms. The summed E-state index contributed by atoms with van der Waals surface area (Å²) in [5.74, 6) is 0. The van der Waals surface area contributed by atoms with Crippen LogP contribution >= 0.6 is 0 Å². The van der Waals surface area contributed by atoms with Crippen LogP contribution in [0.5, 0.6) is 0 Å². The van der Waals surface area contributed by atoms with E-state index in [1.54, 1.807) is 0 Å². The predicted molar refractivity (Wildman–Crippen MR) is 39.7 cm³/mol. The van der Waals surface area contributed by atoms with E-state index in [0.29, 0.717) is 6.42 Å². The molecule has 3 N–H and O–H groups in total. The van der Waals surface area contributed by atoms with Crippen molar-refractivity contribution in [1.29, 1.82) is 0 Å². The van der Waals surface area contributed by atoms with Crippen LogP contribution in [0.1, 0.15) is 13.3 Å². The minimum Gasteiger partial charge on any atom is -0.396 e. The second-order valence-corrected chi connectivity index (χ2v) is 2.33. The fourth-order valence-electron chi connectivity index (χ4n) is 0.485. The Morgan fingerprint density at radius 3 is 1.30 bits per heavy atom. The Balaban J connectivity index is 0. The molecule has 0 aliphatic carbocycles. The number of hydrogen-bond donors (Lipinski definition) is 3. The van der Waals surface area contributed by atoms with Crippen LogP contribution < -0.4 is 0 Å². The number of aliphatic hydroxyl groups excluding tert-OH is 3. The minimum atomic E-state index is -0.667. The zero-order valence-corrected chi connectivity index (χ0v) is 9.79. The Morgan fingerprint density at radius 2 is 1.30 bits per heavy atom. The van der Waals surface area contributed by atoms with Gasteiger partial charge in [-0.05, 0) is 6.42 Å². The van der Waals surface area contributed by atoms with E-state index in [4.69, 9.17) is 15.3 Å². The molecule has 0 bridgehead atoms. The first-order valence-electron chi connectivity index (χ1n) is 3.07. The van der Waals surface area contributed by atoms with Gasteiger partial charge < -0.3 is 15.3 Å². The first-order valence-corrected chi connectivity index (χ1v) is 3.07.